The van der Waals surface area contributed by atoms with E-state index in [0.29, 0.717) is 25.3 Å². The smallest absolute Gasteiger partial charge is 0.329 e. The van der Waals surface area contributed by atoms with Crippen molar-refractivity contribution in [2.24, 2.45) is 11.7 Å². The molecule has 1 heterocycles. The van der Waals surface area contributed by atoms with Gasteiger partial charge in [0.05, 0.1) is 6.04 Å². The first-order chi connectivity index (χ1) is 8.29. The van der Waals surface area contributed by atoms with Crippen molar-refractivity contribution in [1.29, 1.82) is 0 Å². The van der Waals surface area contributed by atoms with Crippen molar-refractivity contribution in [3.05, 3.63) is 0 Å². The number of carboxylic acids is 1. The number of carbonyl (C=O) groups excluding carboxylic acids is 1. The Morgan fingerprint density at radius 3 is 2.50 bits per heavy atom. The number of carbonyl (C=O) groups is 2. The van der Waals surface area contributed by atoms with Crippen LogP contribution < -0.4 is 5.73 Å². The van der Waals surface area contributed by atoms with Crippen LogP contribution in [0, 0.1) is 5.92 Å². The minimum atomic E-state index is -1.09. The van der Waals surface area contributed by atoms with Gasteiger partial charge in [-0.3, -0.25) is 4.79 Å². The fraction of sp³-hybridized carbons (Fsp3) is 0.846. The van der Waals surface area contributed by atoms with Crippen molar-refractivity contribution in [3.8, 4) is 0 Å². The Labute approximate surface area is 108 Å². The first kappa shape index (κ1) is 15.0. The molecule has 1 saturated heterocycles. The third-order valence-corrected chi connectivity index (χ3v) is 3.66. The van der Waals surface area contributed by atoms with Crippen LogP contribution in [0.15, 0.2) is 0 Å². The van der Waals surface area contributed by atoms with Crippen molar-refractivity contribution in [3.63, 3.8) is 0 Å². The van der Waals surface area contributed by atoms with E-state index in [4.69, 9.17) is 5.73 Å². The summed E-state index contributed by atoms with van der Waals surface area (Å²) in [5.41, 5.74) is 4.79. The molecule has 0 radical (unpaired) electrons. The van der Waals surface area contributed by atoms with Gasteiger partial charge >= 0.3 is 5.97 Å². The standard InChI is InChI=1S/C13H24N2O3/c1-9(2)8-10(14)11(16)15-7-5-4-6-13(15,3)12(17)18/h9-10H,4-8,14H2,1-3H3,(H,17,18). The van der Waals surface area contributed by atoms with E-state index >= 15 is 0 Å². The Morgan fingerprint density at radius 1 is 1.39 bits per heavy atom. The monoisotopic (exact) mass is 256 g/mol. The zero-order chi connectivity index (χ0) is 13.9. The number of carboxylic acid groups (broad SMARTS) is 1. The molecule has 1 rings (SSSR count). The topological polar surface area (TPSA) is 83.6 Å². The molecule has 2 unspecified atom stereocenters. The second-order valence-electron chi connectivity index (χ2n) is 5.76. The van der Waals surface area contributed by atoms with E-state index in [1.54, 1.807) is 6.92 Å². The lowest BCUT2D eigenvalue weighted by Crippen LogP contribution is -2.61. The largest absolute Gasteiger partial charge is 0.480 e. The zero-order valence-corrected chi connectivity index (χ0v) is 11.5. The van der Waals surface area contributed by atoms with E-state index in [1.807, 2.05) is 13.8 Å². The van der Waals surface area contributed by atoms with Crippen LogP contribution in [-0.2, 0) is 9.59 Å². The van der Waals surface area contributed by atoms with E-state index in [-0.39, 0.29) is 5.91 Å². The fourth-order valence-electron chi connectivity index (χ4n) is 2.51. The molecule has 2 atom stereocenters. The maximum atomic E-state index is 12.3. The predicted molar refractivity (Wildman–Crippen MR) is 69.0 cm³/mol. The molecule has 1 amide bonds. The normalized spacial score (nSPS) is 26.2. The highest BCUT2D eigenvalue weighted by Gasteiger charge is 2.44. The lowest BCUT2D eigenvalue weighted by atomic mass is 9.87. The number of nitrogens with zero attached hydrogens (tertiary/aromatic N) is 1. The Hall–Kier alpha value is -1.10. The summed E-state index contributed by atoms with van der Waals surface area (Å²) >= 11 is 0. The molecule has 0 spiro atoms. The molecule has 0 aromatic heterocycles. The molecule has 104 valence electrons. The fourth-order valence-corrected chi connectivity index (χ4v) is 2.51. The average molecular weight is 256 g/mol. The minimum Gasteiger partial charge on any atom is -0.480 e. The van der Waals surface area contributed by atoms with Gasteiger partial charge in [-0.25, -0.2) is 4.79 Å². The van der Waals surface area contributed by atoms with Crippen LogP contribution in [-0.4, -0.2) is 40.0 Å². The number of rotatable bonds is 4. The first-order valence-corrected chi connectivity index (χ1v) is 6.59. The molecule has 5 nitrogen and oxygen atoms in total. The molecule has 0 aromatic carbocycles. The molecule has 5 heteroatoms. The molecular formula is C13H24N2O3. The van der Waals surface area contributed by atoms with E-state index in [0.717, 1.165) is 12.8 Å². The van der Waals surface area contributed by atoms with Crippen LogP contribution in [0.5, 0.6) is 0 Å². The number of aliphatic carboxylic acids is 1. The van der Waals surface area contributed by atoms with E-state index in [2.05, 4.69) is 0 Å². The molecule has 18 heavy (non-hydrogen) atoms. The second kappa shape index (κ2) is 5.69. The molecule has 0 aromatic rings. The van der Waals surface area contributed by atoms with Gasteiger partial charge in [0.15, 0.2) is 0 Å². The molecular weight excluding hydrogens is 232 g/mol. The summed E-state index contributed by atoms with van der Waals surface area (Å²) in [6.07, 6.45) is 2.78. The number of nitrogens with two attached hydrogens (primary N) is 1. The Kier molecular flexibility index (Phi) is 4.73. The first-order valence-electron chi connectivity index (χ1n) is 6.59. The summed E-state index contributed by atoms with van der Waals surface area (Å²) in [7, 11) is 0. The van der Waals surface area contributed by atoms with Gasteiger partial charge in [-0.1, -0.05) is 13.8 Å². The summed E-state index contributed by atoms with van der Waals surface area (Å²) in [6, 6.07) is -0.596. The SMILES string of the molecule is CC(C)CC(N)C(=O)N1CCCCC1(C)C(=O)O. The van der Waals surface area contributed by atoms with Crippen molar-refractivity contribution in [1.82, 2.24) is 4.90 Å². The van der Waals surface area contributed by atoms with Crippen molar-refractivity contribution < 1.29 is 14.7 Å². The van der Waals surface area contributed by atoms with Gasteiger partial charge in [0.2, 0.25) is 5.91 Å². The van der Waals surface area contributed by atoms with Crippen LogP contribution in [0.3, 0.4) is 0 Å². The highest BCUT2D eigenvalue weighted by atomic mass is 16.4. The van der Waals surface area contributed by atoms with Crippen LogP contribution in [0.25, 0.3) is 0 Å². The number of hydrogen-bond donors (Lipinski definition) is 2. The summed E-state index contributed by atoms with van der Waals surface area (Å²) < 4.78 is 0. The minimum absolute atomic E-state index is 0.228. The zero-order valence-electron chi connectivity index (χ0n) is 11.5. The Morgan fingerprint density at radius 2 is 2.00 bits per heavy atom. The van der Waals surface area contributed by atoms with E-state index in [9.17, 15) is 14.7 Å². The summed E-state index contributed by atoms with van der Waals surface area (Å²) in [5, 5.41) is 9.35. The molecule has 1 aliphatic heterocycles. The second-order valence-corrected chi connectivity index (χ2v) is 5.76. The molecule has 1 aliphatic rings. The van der Waals surface area contributed by atoms with Crippen molar-refractivity contribution >= 4 is 11.9 Å². The van der Waals surface area contributed by atoms with Crippen LogP contribution in [0.4, 0.5) is 0 Å². The van der Waals surface area contributed by atoms with Gasteiger partial charge in [-0.15, -0.1) is 0 Å². The number of hydrogen-bond acceptors (Lipinski definition) is 3. The van der Waals surface area contributed by atoms with Gasteiger partial charge < -0.3 is 15.7 Å². The number of amides is 1. The molecule has 0 bridgehead atoms. The van der Waals surface area contributed by atoms with Gasteiger partial charge in [0, 0.05) is 6.54 Å². The van der Waals surface area contributed by atoms with Crippen LogP contribution in [0.1, 0.15) is 46.5 Å². The third-order valence-electron chi connectivity index (χ3n) is 3.66. The van der Waals surface area contributed by atoms with Gasteiger partial charge in [0.25, 0.3) is 0 Å². The van der Waals surface area contributed by atoms with Crippen LogP contribution >= 0.6 is 0 Å². The highest BCUT2D eigenvalue weighted by molar-refractivity contribution is 5.89. The number of piperidine rings is 1. The Balaban J connectivity index is 2.84. The summed E-state index contributed by atoms with van der Waals surface area (Å²) in [4.78, 5) is 25.2. The number of likely N-dealkylation sites (tertiary alicyclic amines) is 1. The van der Waals surface area contributed by atoms with E-state index < -0.39 is 17.6 Å². The highest BCUT2D eigenvalue weighted by Crippen LogP contribution is 2.29. The quantitative estimate of drug-likeness (QED) is 0.792. The van der Waals surface area contributed by atoms with Gasteiger partial charge in [0.1, 0.15) is 5.54 Å². The van der Waals surface area contributed by atoms with Gasteiger partial charge in [-0.05, 0) is 38.5 Å². The maximum absolute atomic E-state index is 12.3. The van der Waals surface area contributed by atoms with Crippen molar-refractivity contribution in [2.45, 2.75) is 58.0 Å². The van der Waals surface area contributed by atoms with Crippen molar-refractivity contribution in [2.75, 3.05) is 6.54 Å². The average Bonchev–Trinajstić information content (AvgIpc) is 2.27. The lowest BCUT2D eigenvalue weighted by Gasteiger charge is -2.42. The summed E-state index contributed by atoms with van der Waals surface area (Å²) in [6.45, 7) is 6.11. The maximum Gasteiger partial charge on any atom is 0.329 e. The predicted octanol–water partition coefficient (Wildman–Crippen LogP) is 1.22. The molecule has 3 N–H and O–H groups in total. The molecule has 1 fully saturated rings. The Bertz CT molecular complexity index is 330. The molecule has 0 aliphatic carbocycles. The van der Waals surface area contributed by atoms with E-state index in [1.165, 1.54) is 4.90 Å². The van der Waals surface area contributed by atoms with Crippen LogP contribution in [0.2, 0.25) is 0 Å². The summed E-state index contributed by atoms with van der Waals surface area (Å²) in [5.74, 6) is -0.842. The van der Waals surface area contributed by atoms with Gasteiger partial charge in [-0.2, -0.15) is 0 Å². The molecule has 0 saturated carbocycles. The third kappa shape index (κ3) is 3.02. The lowest BCUT2D eigenvalue weighted by molar-refractivity contribution is -0.161.